The summed E-state index contributed by atoms with van der Waals surface area (Å²) in [5.74, 6) is 3.47. The normalized spacial score (nSPS) is 14.8. The van der Waals surface area contributed by atoms with E-state index < -0.39 is 0 Å². The summed E-state index contributed by atoms with van der Waals surface area (Å²) in [5.41, 5.74) is 0. The van der Waals surface area contributed by atoms with Gasteiger partial charge >= 0.3 is 0 Å². The molecular weight excluding hydrogens is 262 g/mol. The summed E-state index contributed by atoms with van der Waals surface area (Å²) in [6.45, 7) is 9.48. The van der Waals surface area contributed by atoms with Crippen LogP contribution in [0.4, 0.5) is 11.6 Å². The SMILES string of the molecule is CCNc1cc(NCCCN(C)C(C)C)nc(C2CC2)n1. The number of nitrogens with zero attached hydrogens (tertiary/aromatic N) is 3. The Hall–Kier alpha value is -1.36. The molecule has 1 saturated carbocycles. The standard InChI is InChI=1S/C16H29N5/c1-5-17-14-11-15(20-16(19-14)13-7-8-13)18-9-6-10-21(4)12(2)3/h11-13H,5-10H2,1-4H3,(H2,17,18,19,20). The van der Waals surface area contributed by atoms with Crippen LogP contribution in [-0.4, -0.2) is 47.6 Å². The number of hydrogen-bond acceptors (Lipinski definition) is 5. The summed E-state index contributed by atoms with van der Waals surface area (Å²) >= 11 is 0. The second-order valence-corrected chi connectivity index (χ2v) is 6.16. The predicted octanol–water partition coefficient (Wildman–Crippen LogP) is 2.93. The van der Waals surface area contributed by atoms with Crippen molar-refractivity contribution < 1.29 is 0 Å². The third-order valence-corrected chi connectivity index (χ3v) is 3.92. The van der Waals surface area contributed by atoms with Gasteiger partial charge in [0.15, 0.2) is 0 Å². The van der Waals surface area contributed by atoms with E-state index in [1.807, 2.05) is 6.07 Å². The van der Waals surface area contributed by atoms with Crippen molar-refractivity contribution in [2.24, 2.45) is 0 Å². The Morgan fingerprint density at radius 2 is 1.90 bits per heavy atom. The fourth-order valence-corrected chi connectivity index (χ4v) is 2.16. The van der Waals surface area contributed by atoms with Gasteiger partial charge in [0.05, 0.1) is 0 Å². The van der Waals surface area contributed by atoms with Crippen molar-refractivity contribution in [2.75, 3.05) is 37.3 Å². The molecule has 0 bridgehead atoms. The van der Waals surface area contributed by atoms with Crippen molar-refractivity contribution in [2.45, 2.75) is 52.0 Å². The van der Waals surface area contributed by atoms with Gasteiger partial charge < -0.3 is 15.5 Å². The molecule has 1 aromatic rings. The maximum atomic E-state index is 4.65. The lowest BCUT2D eigenvalue weighted by Crippen LogP contribution is -2.28. The van der Waals surface area contributed by atoms with E-state index in [-0.39, 0.29) is 0 Å². The van der Waals surface area contributed by atoms with Crippen LogP contribution < -0.4 is 10.6 Å². The predicted molar refractivity (Wildman–Crippen MR) is 89.0 cm³/mol. The molecule has 118 valence electrons. The highest BCUT2D eigenvalue weighted by molar-refractivity contribution is 5.48. The molecule has 0 atom stereocenters. The minimum atomic E-state index is 0.580. The lowest BCUT2D eigenvalue weighted by atomic mass is 10.3. The smallest absolute Gasteiger partial charge is 0.136 e. The molecule has 1 aliphatic rings. The molecule has 0 aromatic carbocycles. The van der Waals surface area contributed by atoms with Crippen molar-refractivity contribution >= 4 is 11.6 Å². The fraction of sp³-hybridized carbons (Fsp3) is 0.750. The molecule has 2 N–H and O–H groups in total. The van der Waals surface area contributed by atoms with Gasteiger partial charge in [-0.3, -0.25) is 0 Å². The highest BCUT2D eigenvalue weighted by atomic mass is 15.1. The molecule has 0 saturated heterocycles. The number of aromatic nitrogens is 2. The highest BCUT2D eigenvalue weighted by Gasteiger charge is 2.27. The van der Waals surface area contributed by atoms with Crippen LogP contribution in [0.15, 0.2) is 6.07 Å². The minimum absolute atomic E-state index is 0.580. The molecule has 5 nitrogen and oxygen atoms in total. The van der Waals surface area contributed by atoms with Crippen LogP contribution in [0.5, 0.6) is 0 Å². The van der Waals surface area contributed by atoms with Gasteiger partial charge in [-0.1, -0.05) is 0 Å². The van der Waals surface area contributed by atoms with Crippen molar-refractivity contribution in [3.05, 3.63) is 11.9 Å². The van der Waals surface area contributed by atoms with E-state index >= 15 is 0 Å². The van der Waals surface area contributed by atoms with Gasteiger partial charge in [0.25, 0.3) is 0 Å². The lowest BCUT2D eigenvalue weighted by molar-refractivity contribution is 0.273. The first-order valence-electron chi connectivity index (χ1n) is 8.17. The largest absolute Gasteiger partial charge is 0.370 e. The highest BCUT2D eigenvalue weighted by Crippen LogP contribution is 2.38. The molecule has 0 amide bonds. The Bertz CT molecular complexity index is 442. The monoisotopic (exact) mass is 291 g/mol. The third kappa shape index (κ3) is 5.16. The van der Waals surface area contributed by atoms with Crippen LogP contribution in [0, 0.1) is 0 Å². The van der Waals surface area contributed by atoms with Crippen LogP contribution in [0.3, 0.4) is 0 Å². The summed E-state index contributed by atoms with van der Waals surface area (Å²) < 4.78 is 0. The number of rotatable bonds is 9. The quantitative estimate of drug-likeness (QED) is 0.685. The van der Waals surface area contributed by atoms with Crippen LogP contribution >= 0.6 is 0 Å². The van der Waals surface area contributed by atoms with Gasteiger partial charge in [-0.25, -0.2) is 9.97 Å². The van der Waals surface area contributed by atoms with Crippen LogP contribution in [0.1, 0.15) is 51.8 Å². The van der Waals surface area contributed by atoms with E-state index in [0.717, 1.165) is 43.5 Å². The lowest BCUT2D eigenvalue weighted by Gasteiger charge is -2.20. The molecular formula is C16H29N5. The molecule has 0 unspecified atom stereocenters. The Kier molecular flexibility index (Phi) is 5.79. The van der Waals surface area contributed by atoms with Crippen molar-refractivity contribution in [1.29, 1.82) is 0 Å². The second-order valence-electron chi connectivity index (χ2n) is 6.16. The average molecular weight is 291 g/mol. The summed E-state index contributed by atoms with van der Waals surface area (Å²) in [7, 11) is 2.17. The van der Waals surface area contributed by atoms with E-state index in [0.29, 0.717) is 12.0 Å². The molecule has 2 rings (SSSR count). The Morgan fingerprint density at radius 3 is 2.48 bits per heavy atom. The first kappa shape index (κ1) is 16.0. The molecule has 0 spiro atoms. The average Bonchev–Trinajstić information content (AvgIpc) is 3.28. The summed E-state index contributed by atoms with van der Waals surface area (Å²) in [4.78, 5) is 11.6. The molecule has 1 aromatic heterocycles. The van der Waals surface area contributed by atoms with Crippen molar-refractivity contribution in [3.8, 4) is 0 Å². The van der Waals surface area contributed by atoms with Crippen molar-refractivity contribution in [3.63, 3.8) is 0 Å². The molecule has 1 heterocycles. The topological polar surface area (TPSA) is 53.1 Å². The molecule has 21 heavy (non-hydrogen) atoms. The maximum absolute atomic E-state index is 4.65. The zero-order valence-electron chi connectivity index (χ0n) is 13.8. The zero-order chi connectivity index (χ0) is 15.2. The molecule has 1 aliphatic carbocycles. The van der Waals surface area contributed by atoms with Gasteiger partial charge in [0.1, 0.15) is 17.5 Å². The van der Waals surface area contributed by atoms with Gasteiger partial charge in [0, 0.05) is 31.1 Å². The van der Waals surface area contributed by atoms with Gasteiger partial charge in [-0.2, -0.15) is 0 Å². The summed E-state index contributed by atoms with van der Waals surface area (Å²) in [6.07, 6.45) is 3.58. The fourth-order valence-electron chi connectivity index (χ4n) is 2.16. The second kappa shape index (κ2) is 7.59. The zero-order valence-corrected chi connectivity index (χ0v) is 13.8. The van der Waals surface area contributed by atoms with Crippen LogP contribution in [0.2, 0.25) is 0 Å². The van der Waals surface area contributed by atoms with E-state index in [9.17, 15) is 0 Å². The Labute approximate surface area is 128 Å². The summed E-state index contributed by atoms with van der Waals surface area (Å²) in [6, 6.07) is 2.62. The van der Waals surface area contributed by atoms with Gasteiger partial charge in [-0.15, -0.1) is 0 Å². The van der Waals surface area contributed by atoms with E-state index in [4.69, 9.17) is 0 Å². The van der Waals surface area contributed by atoms with E-state index in [2.05, 4.69) is 53.3 Å². The molecule has 0 radical (unpaired) electrons. The van der Waals surface area contributed by atoms with Gasteiger partial charge in [-0.05, 0) is 53.6 Å². The minimum Gasteiger partial charge on any atom is -0.370 e. The van der Waals surface area contributed by atoms with Crippen molar-refractivity contribution in [1.82, 2.24) is 14.9 Å². The van der Waals surface area contributed by atoms with Crippen LogP contribution in [-0.2, 0) is 0 Å². The van der Waals surface area contributed by atoms with E-state index in [1.54, 1.807) is 0 Å². The number of nitrogens with one attached hydrogen (secondary N) is 2. The molecule has 1 fully saturated rings. The van der Waals surface area contributed by atoms with Crippen LogP contribution in [0.25, 0.3) is 0 Å². The summed E-state index contributed by atoms with van der Waals surface area (Å²) in [5, 5.41) is 6.74. The first-order chi connectivity index (χ1) is 10.1. The molecule has 5 heteroatoms. The maximum Gasteiger partial charge on any atom is 0.136 e. The third-order valence-electron chi connectivity index (χ3n) is 3.92. The number of hydrogen-bond donors (Lipinski definition) is 2. The Balaban J connectivity index is 1.86. The Morgan fingerprint density at radius 1 is 1.24 bits per heavy atom. The van der Waals surface area contributed by atoms with Gasteiger partial charge in [0.2, 0.25) is 0 Å². The molecule has 0 aliphatic heterocycles. The van der Waals surface area contributed by atoms with E-state index in [1.165, 1.54) is 12.8 Å². The first-order valence-corrected chi connectivity index (χ1v) is 8.17. The number of anilines is 2.